The van der Waals surface area contributed by atoms with Gasteiger partial charge in [0.05, 0.1) is 12.2 Å². The largest absolute Gasteiger partial charge is 0.481 e. The summed E-state index contributed by atoms with van der Waals surface area (Å²) in [6, 6.07) is 0. The first-order chi connectivity index (χ1) is 12.0. The van der Waals surface area contributed by atoms with Crippen LogP contribution in [0.2, 0.25) is 0 Å². The summed E-state index contributed by atoms with van der Waals surface area (Å²) in [7, 11) is 0. The first-order valence-corrected chi connectivity index (χ1v) is 9.39. The number of unbranched alkanes of at least 4 members (excludes halogenated alkanes) is 3. The number of carbonyl (C=O) groups excluding carboxylic acids is 1. The number of ketones is 1. The highest BCUT2D eigenvalue weighted by Gasteiger charge is 2.39. The van der Waals surface area contributed by atoms with Crippen molar-refractivity contribution in [1.29, 1.82) is 0 Å². The molecule has 0 amide bonds. The Balaban J connectivity index is 2.41. The molecule has 25 heavy (non-hydrogen) atoms. The number of hydrogen-bond acceptors (Lipinski definition) is 4. The number of rotatable bonds is 12. The molecule has 0 radical (unpaired) electrons. The van der Waals surface area contributed by atoms with Gasteiger partial charge >= 0.3 is 5.97 Å². The number of aliphatic hydroxyl groups excluding tert-OH is 2. The molecule has 1 rings (SSSR count). The number of aliphatic carboxylic acids is 1. The van der Waals surface area contributed by atoms with E-state index in [0.717, 1.165) is 25.7 Å². The SMILES string of the molecule is CCCCC[C@@H]1[C@H](O)CC(=O)[C@H]1/C=C/[C@@H](O)C/C=C\CCCC(=O)O. The summed E-state index contributed by atoms with van der Waals surface area (Å²) in [5.41, 5.74) is 0. The quantitative estimate of drug-likeness (QED) is 0.370. The van der Waals surface area contributed by atoms with Gasteiger partial charge in [-0.05, 0) is 31.6 Å². The number of Topliss-reactive ketones (excluding diaryl/α,β-unsaturated/α-hetero) is 1. The maximum Gasteiger partial charge on any atom is 0.303 e. The third-order valence-corrected chi connectivity index (χ3v) is 4.72. The van der Waals surface area contributed by atoms with Crippen LogP contribution in [0.3, 0.4) is 0 Å². The number of allylic oxidation sites excluding steroid dienone is 2. The minimum absolute atomic E-state index is 0.0333. The lowest BCUT2D eigenvalue weighted by Gasteiger charge is -2.18. The van der Waals surface area contributed by atoms with Gasteiger partial charge in [-0.1, -0.05) is 50.5 Å². The van der Waals surface area contributed by atoms with Gasteiger partial charge in [-0.2, -0.15) is 0 Å². The van der Waals surface area contributed by atoms with Crippen molar-refractivity contribution in [2.75, 3.05) is 0 Å². The van der Waals surface area contributed by atoms with Crippen LogP contribution < -0.4 is 0 Å². The lowest BCUT2D eigenvalue weighted by Crippen LogP contribution is -2.19. The fourth-order valence-corrected chi connectivity index (χ4v) is 3.27. The van der Waals surface area contributed by atoms with Gasteiger partial charge in [0.15, 0.2) is 0 Å². The van der Waals surface area contributed by atoms with E-state index < -0.39 is 18.2 Å². The molecule has 3 N–H and O–H groups in total. The van der Waals surface area contributed by atoms with E-state index in [1.54, 1.807) is 12.2 Å². The molecule has 0 aliphatic heterocycles. The summed E-state index contributed by atoms with van der Waals surface area (Å²) in [6.07, 6.45) is 12.0. The van der Waals surface area contributed by atoms with Gasteiger partial charge < -0.3 is 15.3 Å². The highest BCUT2D eigenvalue weighted by Crippen LogP contribution is 2.34. The molecule has 4 atom stereocenters. The van der Waals surface area contributed by atoms with E-state index in [2.05, 4.69) is 6.92 Å². The summed E-state index contributed by atoms with van der Waals surface area (Å²) in [6.45, 7) is 2.12. The molecule has 0 unspecified atom stereocenters. The Kier molecular flexibility index (Phi) is 10.3. The molecule has 0 saturated heterocycles. The summed E-state index contributed by atoms with van der Waals surface area (Å²) in [4.78, 5) is 22.5. The number of aliphatic hydroxyl groups is 2. The van der Waals surface area contributed by atoms with Gasteiger partial charge in [0.25, 0.3) is 0 Å². The van der Waals surface area contributed by atoms with Gasteiger partial charge in [-0.15, -0.1) is 0 Å². The van der Waals surface area contributed by atoms with Crippen molar-refractivity contribution in [1.82, 2.24) is 0 Å². The van der Waals surface area contributed by atoms with E-state index in [9.17, 15) is 19.8 Å². The molecule has 0 heterocycles. The lowest BCUT2D eigenvalue weighted by atomic mass is 9.88. The Morgan fingerprint density at radius 2 is 2.04 bits per heavy atom. The maximum atomic E-state index is 12.1. The van der Waals surface area contributed by atoms with Crippen LogP contribution in [0.1, 0.15) is 64.7 Å². The highest BCUT2D eigenvalue weighted by atomic mass is 16.4. The third kappa shape index (κ3) is 8.45. The maximum absolute atomic E-state index is 12.1. The third-order valence-electron chi connectivity index (χ3n) is 4.72. The Hall–Kier alpha value is -1.46. The number of carboxylic acid groups (broad SMARTS) is 1. The van der Waals surface area contributed by atoms with E-state index in [1.165, 1.54) is 0 Å². The zero-order chi connectivity index (χ0) is 18.7. The normalized spacial score (nSPS) is 25.2. The summed E-state index contributed by atoms with van der Waals surface area (Å²) < 4.78 is 0. The van der Waals surface area contributed by atoms with Gasteiger partial charge in [-0.25, -0.2) is 0 Å². The average Bonchev–Trinajstić information content (AvgIpc) is 2.82. The topological polar surface area (TPSA) is 94.8 Å². The molecule has 5 nitrogen and oxygen atoms in total. The Bertz CT molecular complexity index is 469. The van der Waals surface area contributed by atoms with Crippen molar-refractivity contribution >= 4 is 11.8 Å². The van der Waals surface area contributed by atoms with Crippen LogP contribution in [0, 0.1) is 11.8 Å². The van der Waals surface area contributed by atoms with Crippen LogP contribution in [0.4, 0.5) is 0 Å². The van der Waals surface area contributed by atoms with Crippen molar-refractivity contribution in [2.45, 2.75) is 76.9 Å². The number of hydrogen-bond donors (Lipinski definition) is 3. The van der Waals surface area contributed by atoms with Crippen molar-refractivity contribution in [3.63, 3.8) is 0 Å². The zero-order valence-electron chi connectivity index (χ0n) is 15.1. The van der Waals surface area contributed by atoms with Crippen molar-refractivity contribution in [2.24, 2.45) is 11.8 Å². The van der Waals surface area contributed by atoms with E-state index in [4.69, 9.17) is 5.11 Å². The molecule has 1 aliphatic carbocycles. The van der Waals surface area contributed by atoms with Crippen LogP contribution in [-0.4, -0.2) is 39.3 Å². The van der Waals surface area contributed by atoms with Crippen LogP contribution in [0.5, 0.6) is 0 Å². The van der Waals surface area contributed by atoms with Crippen molar-refractivity contribution in [3.8, 4) is 0 Å². The van der Waals surface area contributed by atoms with Crippen molar-refractivity contribution < 1.29 is 24.9 Å². The first-order valence-electron chi connectivity index (χ1n) is 9.39. The average molecular weight is 352 g/mol. The van der Waals surface area contributed by atoms with E-state index in [0.29, 0.717) is 19.3 Å². The standard InChI is InChI=1S/C20H32O5/c1-2-3-6-10-16-17(19(23)14-18(16)22)13-12-15(21)9-7-4-5-8-11-20(24)25/h4,7,12-13,15-18,21-22H,2-3,5-6,8-11,14H2,1H3,(H,24,25)/b7-4-,13-12+/t15-,16-,17-,18+/m0/s1. The second-order valence-corrected chi connectivity index (χ2v) is 6.87. The summed E-state index contributed by atoms with van der Waals surface area (Å²) in [5, 5.41) is 28.6. The van der Waals surface area contributed by atoms with Gasteiger partial charge in [0.2, 0.25) is 0 Å². The Morgan fingerprint density at radius 1 is 1.28 bits per heavy atom. The minimum atomic E-state index is -0.798. The molecule has 1 aliphatic rings. The monoisotopic (exact) mass is 352 g/mol. The van der Waals surface area contributed by atoms with Gasteiger partial charge in [-0.3, -0.25) is 9.59 Å². The summed E-state index contributed by atoms with van der Waals surface area (Å²) >= 11 is 0. The zero-order valence-corrected chi connectivity index (χ0v) is 15.1. The fourth-order valence-electron chi connectivity index (χ4n) is 3.27. The number of carboxylic acids is 1. The molecule has 0 bridgehead atoms. The van der Waals surface area contributed by atoms with Crippen LogP contribution in [-0.2, 0) is 9.59 Å². The highest BCUT2D eigenvalue weighted by molar-refractivity contribution is 5.85. The lowest BCUT2D eigenvalue weighted by molar-refractivity contribution is -0.137. The smallest absolute Gasteiger partial charge is 0.303 e. The van der Waals surface area contributed by atoms with Gasteiger partial charge in [0.1, 0.15) is 5.78 Å². The van der Waals surface area contributed by atoms with Crippen molar-refractivity contribution in [3.05, 3.63) is 24.3 Å². The first kappa shape index (κ1) is 21.6. The fraction of sp³-hybridized carbons (Fsp3) is 0.700. The van der Waals surface area contributed by atoms with E-state index in [1.807, 2.05) is 12.2 Å². The predicted molar refractivity (Wildman–Crippen MR) is 97.1 cm³/mol. The summed E-state index contributed by atoms with van der Waals surface area (Å²) in [5.74, 6) is -1.06. The molecule has 0 spiro atoms. The Labute approximate surface area is 150 Å². The van der Waals surface area contributed by atoms with E-state index >= 15 is 0 Å². The molecule has 5 heteroatoms. The van der Waals surface area contributed by atoms with E-state index in [-0.39, 0.29) is 30.5 Å². The molecule has 1 saturated carbocycles. The minimum Gasteiger partial charge on any atom is -0.481 e. The van der Waals surface area contributed by atoms with Crippen LogP contribution in [0.15, 0.2) is 24.3 Å². The number of carbonyl (C=O) groups is 2. The predicted octanol–water partition coefficient (Wildman–Crippen LogP) is 3.25. The van der Waals surface area contributed by atoms with Gasteiger partial charge in [0, 0.05) is 18.8 Å². The second kappa shape index (κ2) is 12.0. The molecule has 0 aromatic carbocycles. The van der Waals surface area contributed by atoms with Crippen LogP contribution in [0.25, 0.3) is 0 Å². The molecular formula is C20H32O5. The molecular weight excluding hydrogens is 320 g/mol. The second-order valence-electron chi connectivity index (χ2n) is 6.87. The van der Waals surface area contributed by atoms with Crippen LogP contribution >= 0.6 is 0 Å². The molecule has 1 fully saturated rings. The molecule has 0 aromatic rings. The molecule has 142 valence electrons. The molecule has 0 aromatic heterocycles. The Morgan fingerprint density at radius 3 is 2.72 bits per heavy atom.